The van der Waals surface area contributed by atoms with Crippen molar-refractivity contribution in [2.24, 2.45) is 0 Å². The average Bonchev–Trinajstić information content (AvgIpc) is 2.95. The molecule has 2 aliphatic rings. The van der Waals surface area contributed by atoms with Gasteiger partial charge in [0.2, 0.25) is 5.91 Å². The van der Waals surface area contributed by atoms with Crippen molar-refractivity contribution in [2.45, 2.75) is 0 Å². The minimum atomic E-state index is -0.347. The fraction of sp³-hybridized carbons (Fsp3) is 0.241. The van der Waals surface area contributed by atoms with Crippen molar-refractivity contribution in [3.05, 3.63) is 84.1 Å². The van der Waals surface area contributed by atoms with E-state index in [1.807, 2.05) is 65.6 Å². The molecule has 3 aromatic rings. The van der Waals surface area contributed by atoms with E-state index in [2.05, 4.69) is 4.90 Å². The van der Waals surface area contributed by atoms with Gasteiger partial charge in [0.05, 0.1) is 19.9 Å². The van der Waals surface area contributed by atoms with Gasteiger partial charge in [-0.05, 0) is 60.2 Å². The maximum absolute atomic E-state index is 13.4. The quantitative estimate of drug-likeness (QED) is 0.481. The summed E-state index contributed by atoms with van der Waals surface area (Å²) in [5, 5.41) is 0. The highest BCUT2D eigenvalue weighted by molar-refractivity contribution is 6.12. The lowest BCUT2D eigenvalue weighted by atomic mass is 10.1. The van der Waals surface area contributed by atoms with Crippen molar-refractivity contribution in [3.8, 4) is 17.2 Å². The molecule has 1 saturated heterocycles. The van der Waals surface area contributed by atoms with Crippen LogP contribution in [0.15, 0.2) is 78.6 Å². The summed E-state index contributed by atoms with van der Waals surface area (Å²) in [6.45, 7) is 2.55. The van der Waals surface area contributed by atoms with Crippen LogP contribution in [0.4, 0.5) is 11.4 Å². The Hall–Kier alpha value is -4.46. The molecule has 2 amide bonds. The molecule has 0 aliphatic carbocycles. The highest BCUT2D eigenvalue weighted by Gasteiger charge is 2.33. The number of carbonyl (C=O) groups excluding carboxylic acids is 2. The lowest BCUT2D eigenvalue weighted by Gasteiger charge is -2.37. The topological polar surface area (TPSA) is 71.6 Å². The zero-order valence-corrected chi connectivity index (χ0v) is 20.9. The normalized spacial score (nSPS) is 16.3. The number of carbonyl (C=O) groups is 2. The standard InChI is InChI=1S/C29H29N3O5/c1-35-23-11-7-21(8-12-23)19-27-29(34)32(25-5-3-4-6-26(25)37-27)20-28(33)31-17-15-30(16-18-31)22-9-13-24(36-2)14-10-22/h3-14,19H,15-18,20H2,1-2H3/b27-19-. The molecule has 0 saturated carbocycles. The molecule has 0 aromatic heterocycles. The lowest BCUT2D eigenvalue weighted by Crippen LogP contribution is -2.52. The minimum Gasteiger partial charge on any atom is -0.497 e. The molecule has 0 bridgehead atoms. The number of para-hydroxylation sites is 2. The molecular formula is C29H29N3O5. The number of benzene rings is 3. The molecule has 8 heteroatoms. The van der Waals surface area contributed by atoms with Crippen LogP contribution >= 0.6 is 0 Å². The summed E-state index contributed by atoms with van der Waals surface area (Å²) < 4.78 is 16.4. The third-order valence-corrected chi connectivity index (χ3v) is 6.61. The second-order valence-electron chi connectivity index (χ2n) is 8.81. The first-order valence-corrected chi connectivity index (χ1v) is 12.2. The van der Waals surface area contributed by atoms with E-state index in [4.69, 9.17) is 14.2 Å². The molecule has 0 radical (unpaired) electrons. The molecule has 0 spiro atoms. The highest BCUT2D eigenvalue weighted by Crippen LogP contribution is 2.35. The number of piperazine rings is 1. The Kier molecular flexibility index (Phi) is 6.98. The van der Waals surface area contributed by atoms with Crippen LogP contribution in [-0.4, -0.2) is 63.7 Å². The van der Waals surface area contributed by atoms with E-state index in [-0.39, 0.29) is 24.1 Å². The molecule has 2 aliphatic heterocycles. The van der Waals surface area contributed by atoms with Crippen LogP contribution in [0.5, 0.6) is 17.2 Å². The van der Waals surface area contributed by atoms with Crippen LogP contribution in [0.2, 0.25) is 0 Å². The van der Waals surface area contributed by atoms with Gasteiger partial charge in [0.1, 0.15) is 18.0 Å². The summed E-state index contributed by atoms with van der Waals surface area (Å²) in [5.74, 6) is 1.80. The number of hydrogen-bond acceptors (Lipinski definition) is 6. The van der Waals surface area contributed by atoms with Crippen molar-refractivity contribution < 1.29 is 23.8 Å². The Balaban J connectivity index is 1.29. The lowest BCUT2D eigenvalue weighted by molar-refractivity contribution is -0.131. The van der Waals surface area contributed by atoms with Crippen LogP contribution < -0.4 is 24.0 Å². The molecule has 37 heavy (non-hydrogen) atoms. The number of amides is 2. The van der Waals surface area contributed by atoms with Crippen molar-refractivity contribution in [1.29, 1.82) is 0 Å². The zero-order chi connectivity index (χ0) is 25.8. The Morgan fingerprint density at radius 2 is 1.49 bits per heavy atom. The maximum Gasteiger partial charge on any atom is 0.294 e. The molecule has 2 heterocycles. The van der Waals surface area contributed by atoms with Crippen LogP contribution in [0.25, 0.3) is 6.08 Å². The Bertz CT molecular complexity index is 1300. The van der Waals surface area contributed by atoms with E-state index in [0.29, 0.717) is 37.6 Å². The number of methoxy groups -OCH3 is 2. The number of hydrogen-bond donors (Lipinski definition) is 0. The van der Waals surface area contributed by atoms with Crippen molar-refractivity contribution in [3.63, 3.8) is 0 Å². The van der Waals surface area contributed by atoms with Crippen molar-refractivity contribution in [2.75, 3.05) is 56.7 Å². The second kappa shape index (κ2) is 10.7. The molecular weight excluding hydrogens is 470 g/mol. The SMILES string of the molecule is COc1ccc(/C=C2\Oc3ccccc3N(CC(=O)N3CCN(c4ccc(OC)cc4)CC3)C2=O)cc1. The summed E-state index contributed by atoms with van der Waals surface area (Å²) in [6, 6.07) is 22.5. The number of anilines is 2. The molecule has 3 aromatic carbocycles. The zero-order valence-electron chi connectivity index (χ0n) is 20.9. The first-order valence-electron chi connectivity index (χ1n) is 12.2. The number of nitrogens with zero attached hydrogens (tertiary/aromatic N) is 3. The Labute approximate surface area is 216 Å². The minimum absolute atomic E-state index is 0.0539. The fourth-order valence-corrected chi connectivity index (χ4v) is 4.51. The van der Waals surface area contributed by atoms with E-state index < -0.39 is 0 Å². The van der Waals surface area contributed by atoms with Gasteiger partial charge in [0.25, 0.3) is 5.91 Å². The summed E-state index contributed by atoms with van der Waals surface area (Å²) in [6.07, 6.45) is 1.68. The summed E-state index contributed by atoms with van der Waals surface area (Å²) in [4.78, 5) is 32.3. The second-order valence-corrected chi connectivity index (χ2v) is 8.81. The summed E-state index contributed by atoms with van der Waals surface area (Å²) >= 11 is 0. The van der Waals surface area contributed by atoms with Crippen molar-refractivity contribution >= 4 is 29.3 Å². The van der Waals surface area contributed by atoms with Crippen molar-refractivity contribution in [1.82, 2.24) is 4.90 Å². The van der Waals surface area contributed by atoms with Gasteiger partial charge in [-0.15, -0.1) is 0 Å². The monoisotopic (exact) mass is 499 g/mol. The van der Waals surface area contributed by atoms with Gasteiger partial charge < -0.3 is 24.0 Å². The van der Waals surface area contributed by atoms with Gasteiger partial charge in [0.15, 0.2) is 11.5 Å². The molecule has 0 N–H and O–H groups in total. The van der Waals surface area contributed by atoms with Crippen LogP contribution in [-0.2, 0) is 9.59 Å². The third kappa shape index (κ3) is 5.23. The van der Waals surface area contributed by atoms with E-state index >= 15 is 0 Å². The van der Waals surface area contributed by atoms with E-state index in [0.717, 1.165) is 22.7 Å². The maximum atomic E-state index is 13.4. The first kappa shape index (κ1) is 24.2. The molecule has 1 fully saturated rings. The summed E-state index contributed by atoms with van der Waals surface area (Å²) in [7, 11) is 3.25. The molecule has 190 valence electrons. The summed E-state index contributed by atoms with van der Waals surface area (Å²) in [5.41, 5.74) is 2.48. The smallest absolute Gasteiger partial charge is 0.294 e. The van der Waals surface area contributed by atoms with Crippen LogP contribution in [0, 0.1) is 0 Å². The van der Waals surface area contributed by atoms with Gasteiger partial charge in [-0.2, -0.15) is 0 Å². The van der Waals surface area contributed by atoms with E-state index in [1.54, 1.807) is 32.4 Å². The highest BCUT2D eigenvalue weighted by atomic mass is 16.5. The van der Waals surface area contributed by atoms with Gasteiger partial charge in [-0.25, -0.2) is 0 Å². The number of ether oxygens (including phenoxy) is 3. The van der Waals surface area contributed by atoms with Gasteiger partial charge in [-0.1, -0.05) is 24.3 Å². The van der Waals surface area contributed by atoms with E-state index in [1.165, 1.54) is 4.90 Å². The fourth-order valence-electron chi connectivity index (χ4n) is 4.51. The number of fused-ring (bicyclic) bond motifs is 1. The predicted molar refractivity (Wildman–Crippen MR) is 142 cm³/mol. The largest absolute Gasteiger partial charge is 0.497 e. The van der Waals surface area contributed by atoms with Crippen LogP contribution in [0.3, 0.4) is 0 Å². The first-order chi connectivity index (χ1) is 18.1. The number of rotatable bonds is 6. The molecule has 8 nitrogen and oxygen atoms in total. The Morgan fingerprint density at radius 3 is 2.14 bits per heavy atom. The third-order valence-electron chi connectivity index (χ3n) is 6.61. The van der Waals surface area contributed by atoms with E-state index in [9.17, 15) is 9.59 Å². The average molecular weight is 500 g/mol. The Morgan fingerprint density at radius 1 is 0.865 bits per heavy atom. The van der Waals surface area contributed by atoms with Crippen LogP contribution in [0.1, 0.15) is 5.56 Å². The van der Waals surface area contributed by atoms with Gasteiger partial charge in [-0.3, -0.25) is 14.5 Å². The molecule has 0 unspecified atom stereocenters. The van der Waals surface area contributed by atoms with Gasteiger partial charge >= 0.3 is 0 Å². The van der Waals surface area contributed by atoms with Gasteiger partial charge in [0, 0.05) is 31.9 Å². The molecule has 0 atom stereocenters. The predicted octanol–water partition coefficient (Wildman–Crippen LogP) is 3.82. The molecule has 5 rings (SSSR count).